The molecule has 0 spiro atoms. The zero-order valence-electron chi connectivity index (χ0n) is 25.6. The molecule has 0 heterocycles. The fourth-order valence-corrected chi connectivity index (χ4v) is 4.47. The molecular formula is C32H47N3O5. The third kappa shape index (κ3) is 9.57. The quantitative estimate of drug-likeness (QED) is 0.326. The fraction of sp³-hybridized carbons (Fsp3) is 0.531. The van der Waals surface area contributed by atoms with Crippen molar-refractivity contribution < 1.29 is 24.2 Å². The van der Waals surface area contributed by atoms with E-state index in [0.717, 1.165) is 35.1 Å². The molecule has 3 N–H and O–H groups in total. The van der Waals surface area contributed by atoms with E-state index >= 15 is 0 Å². The minimum absolute atomic E-state index is 0.0989. The monoisotopic (exact) mass is 553 g/mol. The van der Waals surface area contributed by atoms with Crippen LogP contribution in [0.5, 0.6) is 5.75 Å². The number of unbranched alkanes of at least 4 members (excludes halogenated alkanes) is 1. The van der Waals surface area contributed by atoms with Crippen molar-refractivity contribution in [2.24, 2.45) is 0 Å². The highest BCUT2D eigenvalue weighted by Gasteiger charge is 2.42. The molecule has 0 fully saturated rings. The maximum absolute atomic E-state index is 14.5. The summed E-state index contributed by atoms with van der Waals surface area (Å²) in [7, 11) is 0. The van der Waals surface area contributed by atoms with E-state index in [2.05, 4.69) is 17.6 Å². The zero-order valence-corrected chi connectivity index (χ0v) is 25.6. The van der Waals surface area contributed by atoms with Crippen LogP contribution >= 0.6 is 0 Å². The fourth-order valence-electron chi connectivity index (χ4n) is 4.47. The molecule has 0 bridgehead atoms. The second-order valence-electron chi connectivity index (χ2n) is 12.4. The molecule has 2 aromatic rings. The summed E-state index contributed by atoms with van der Waals surface area (Å²) in [4.78, 5) is 42.9. The number of carbonyl (C=O) groups is 3. The summed E-state index contributed by atoms with van der Waals surface area (Å²) < 4.78 is 5.49. The molecule has 2 atom stereocenters. The normalized spacial score (nSPS) is 13.2. The number of alkyl carbamates (subject to hydrolysis) is 1. The molecule has 0 saturated carbocycles. The largest absolute Gasteiger partial charge is 0.508 e. The number of aryl methyl sites for hydroxylation is 2. The van der Waals surface area contributed by atoms with Gasteiger partial charge in [0.1, 0.15) is 23.4 Å². The second-order valence-corrected chi connectivity index (χ2v) is 12.4. The minimum Gasteiger partial charge on any atom is -0.508 e. The van der Waals surface area contributed by atoms with Gasteiger partial charge in [-0.25, -0.2) is 4.79 Å². The molecule has 3 amide bonds. The number of amides is 3. The van der Waals surface area contributed by atoms with E-state index in [-0.39, 0.29) is 18.1 Å². The maximum Gasteiger partial charge on any atom is 0.408 e. The first-order chi connectivity index (χ1) is 18.5. The van der Waals surface area contributed by atoms with Gasteiger partial charge in [-0.05, 0) is 90.6 Å². The summed E-state index contributed by atoms with van der Waals surface area (Å²) in [6.07, 6.45) is 1.15. The van der Waals surface area contributed by atoms with Crippen LogP contribution in [0.15, 0.2) is 42.5 Å². The highest BCUT2D eigenvalue weighted by atomic mass is 16.6. The van der Waals surface area contributed by atoms with Gasteiger partial charge in [-0.2, -0.15) is 0 Å². The predicted molar refractivity (Wildman–Crippen MR) is 158 cm³/mol. The second kappa shape index (κ2) is 13.7. The molecule has 0 saturated heterocycles. The van der Waals surface area contributed by atoms with Gasteiger partial charge in [0.25, 0.3) is 0 Å². The lowest BCUT2D eigenvalue weighted by Gasteiger charge is -2.43. The number of nitrogens with zero attached hydrogens (tertiary/aromatic N) is 1. The van der Waals surface area contributed by atoms with Crippen molar-refractivity contribution in [3.8, 4) is 5.75 Å². The summed E-state index contributed by atoms with van der Waals surface area (Å²) >= 11 is 0. The molecule has 2 aromatic carbocycles. The molecule has 0 aliphatic heterocycles. The van der Waals surface area contributed by atoms with Gasteiger partial charge in [0.15, 0.2) is 0 Å². The van der Waals surface area contributed by atoms with Crippen molar-refractivity contribution >= 4 is 17.9 Å². The summed E-state index contributed by atoms with van der Waals surface area (Å²) in [5.41, 5.74) is 1.78. The molecule has 40 heavy (non-hydrogen) atoms. The average Bonchev–Trinajstić information content (AvgIpc) is 2.83. The van der Waals surface area contributed by atoms with Crippen molar-refractivity contribution in [2.75, 3.05) is 6.54 Å². The van der Waals surface area contributed by atoms with E-state index in [4.69, 9.17) is 4.74 Å². The number of phenols is 1. The maximum atomic E-state index is 14.5. The van der Waals surface area contributed by atoms with Crippen LogP contribution in [0.1, 0.15) is 89.6 Å². The van der Waals surface area contributed by atoms with E-state index in [9.17, 15) is 19.5 Å². The molecule has 2 unspecified atom stereocenters. The topological polar surface area (TPSA) is 108 Å². The predicted octanol–water partition coefficient (Wildman–Crippen LogP) is 5.73. The Kier molecular flexibility index (Phi) is 11.2. The van der Waals surface area contributed by atoms with Crippen molar-refractivity contribution in [2.45, 2.75) is 105 Å². The van der Waals surface area contributed by atoms with Gasteiger partial charge >= 0.3 is 6.09 Å². The van der Waals surface area contributed by atoms with Crippen LogP contribution in [0, 0.1) is 13.8 Å². The third-order valence-electron chi connectivity index (χ3n) is 6.39. The number of ether oxygens (including phenoxy) is 1. The van der Waals surface area contributed by atoms with E-state index < -0.39 is 35.2 Å². The molecule has 2 rings (SSSR count). The molecule has 220 valence electrons. The lowest BCUT2D eigenvalue weighted by Crippen LogP contribution is -2.59. The van der Waals surface area contributed by atoms with Crippen LogP contribution in [-0.2, 0) is 20.7 Å². The smallest absolute Gasteiger partial charge is 0.408 e. The number of carbonyl (C=O) groups excluding carboxylic acids is 3. The van der Waals surface area contributed by atoms with Crippen molar-refractivity contribution in [3.63, 3.8) is 0 Å². The van der Waals surface area contributed by atoms with Gasteiger partial charge in [0.2, 0.25) is 11.8 Å². The van der Waals surface area contributed by atoms with Gasteiger partial charge in [0, 0.05) is 18.5 Å². The summed E-state index contributed by atoms with van der Waals surface area (Å²) in [5.74, 6) is -0.587. The summed E-state index contributed by atoms with van der Waals surface area (Å²) in [6, 6.07) is 10.4. The standard InChI is InChI=1S/C32H47N3O5/c1-10-11-18-33-28(37)27(25-19-21(2)12-13-22(25)3)35(31(4,5)6)29(38)26(34-30(39)40-32(7,8)9)20-23-14-16-24(36)17-15-23/h12-17,19,26-27,36H,10-11,18,20H2,1-9H3,(H,33,37)(H,34,39). The highest BCUT2D eigenvalue weighted by Crippen LogP contribution is 2.33. The van der Waals surface area contributed by atoms with Gasteiger partial charge in [-0.15, -0.1) is 0 Å². The summed E-state index contributed by atoms with van der Waals surface area (Å²) in [5, 5.41) is 15.6. The lowest BCUT2D eigenvalue weighted by molar-refractivity contribution is -0.148. The van der Waals surface area contributed by atoms with Crippen molar-refractivity contribution in [1.82, 2.24) is 15.5 Å². The van der Waals surface area contributed by atoms with Crippen LogP contribution in [-0.4, -0.2) is 51.6 Å². The Morgan fingerprint density at radius 1 is 0.975 bits per heavy atom. The van der Waals surface area contributed by atoms with E-state index in [1.165, 1.54) is 12.1 Å². The Morgan fingerprint density at radius 3 is 2.15 bits per heavy atom. The molecular weight excluding hydrogens is 506 g/mol. The number of benzene rings is 2. The SMILES string of the molecule is CCCCNC(=O)C(c1cc(C)ccc1C)N(C(=O)C(Cc1ccc(O)cc1)NC(=O)OC(C)(C)C)C(C)(C)C. The Morgan fingerprint density at radius 2 is 1.60 bits per heavy atom. The molecule has 8 heteroatoms. The zero-order chi connectivity index (χ0) is 30.3. The van der Waals surface area contributed by atoms with Crippen LogP contribution in [0.3, 0.4) is 0 Å². The van der Waals surface area contributed by atoms with Crippen LogP contribution in [0.2, 0.25) is 0 Å². The van der Waals surface area contributed by atoms with E-state index in [1.807, 2.05) is 52.8 Å². The van der Waals surface area contributed by atoms with Crippen molar-refractivity contribution in [3.05, 3.63) is 64.7 Å². The highest BCUT2D eigenvalue weighted by molar-refractivity contribution is 5.93. The minimum atomic E-state index is -1.03. The first-order valence-electron chi connectivity index (χ1n) is 14.0. The first kappa shape index (κ1) is 32.7. The Balaban J connectivity index is 2.64. The number of phenolic OH excluding ortho intramolecular Hbond substituents is 1. The van der Waals surface area contributed by atoms with Gasteiger partial charge in [-0.1, -0.05) is 49.2 Å². The van der Waals surface area contributed by atoms with Gasteiger partial charge < -0.3 is 25.4 Å². The van der Waals surface area contributed by atoms with Crippen LogP contribution in [0.25, 0.3) is 0 Å². The van der Waals surface area contributed by atoms with Crippen LogP contribution < -0.4 is 10.6 Å². The number of nitrogens with one attached hydrogen (secondary N) is 2. The molecule has 0 aromatic heterocycles. The lowest BCUT2D eigenvalue weighted by atomic mass is 9.91. The Hall–Kier alpha value is -3.55. The molecule has 8 nitrogen and oxygen atoms in total. The van der Waals surface area contributed by atoms with Crippen LogP contribution in [0.4, 0.5) is 4.79 Å². The first-order valence-corrected chi connectivity index (χ1v) is 14.0. The Labute approximate surface area is 239 Å². The number of hydrogen-bond donors (Lipinski definition) is 3. The molecule has 0 aliphatic rings. The number of rotatable bonds is 10. The van der Waals surface area contributed by atoms with E-state index in [1.54, 1.807) is 37.8 Å². The molecule has 0 aliphatic carbocycles. The van der Waals surface area contributed by atoms with Gasteiger partial charge in [-0.3, -0.25) is 9.59 Å². The number of aromatic hydroxyl groups is 1. The average molecular weight is 554 g/mol. The van der Waals surface area contributed by atoms with Gasteiger partial charge in [0.05, 0.1) is 0 Å². The molecule has 0 radical (unpaired) electrons. The summed E-state index contributed by atoms with van der Waals surface area (Å²) in [6.45, 7) is 17.3. The van der Waals surface area contributed by atoms with E-state index in [0.29, 0.717) is 6.54 Å². The van der Waals surface area contributed by atoms with Crippen molar-refractivity contribution in [1.29, 1.82) is 0 Å². The number of hydrogen-bond acceptors (Lipinski definition) is 5. The third-order valence-corrected chi connectivity index (χ3v) is 6.39. The Bertz CT molecular complexity index is 1160.